The summed E-state index contributed by atoms with van der Waals surface area (Å²) in [5, 5.41) is 20.5. The van der Waals surface area contributed by atoms with Crippen molar-refractivity contribution in [3.05, 3.63) is 121 Å². The first-order chi connectivity index (χ1) is 19.8. The average molecular weight is 629 g/mol. The first-order valence-corrected chi connectivity index (χ1v) is 14.1. The lowest BCUT2D eigenvalue weighted by molar-refractivity contribution is -0.385. The van der Waals surface area contributed by atoms with E-state index in [0.29, 0.717) is 28.4 Å². The number of nitrogens with zero attached hydrogens (tertiary/aromatic N) is 6. The number of carbonyl (C=O) groups is 2. The summed E-state index contributed by atoms with van der Waals surface area (Å²) in [6.07, 6.45) is 5.42. The van der Waals surface area contributed by atoms with Crippen LogP contribution in [0.4, 0.5) is 10.5 Å². The van der Waals surface area contributed by atoms with E-state index in [1.54, 1.807) is 31.3 Å². The number of halogens is 1. The minimum absolute atomic E-state index is 0.0156. The normalized spacial score (nSPS) is 14.5. The molecule has 1 fully saturated rings. The third kappa shape index (κ3) is 5.19. The molecule has 0 saturated carbocycles. The number of thioether (sulfide) groups is 1. The molecule has 2 aromatic heterocycles. The molecule has 2 amide bonds. The summed E-state index contributed by atoms with van der Waals surface area (Å²) in [4.78, 5) is 38.5. The standard InChI is InChI=1S/C29H21BrN6O4S/c1-18-24(7-4-8-25(18)36(39)40)35-17-22(31-32-35)16-33-15-20(23-5-2-3-6-26(23)33)13-27-28(37)34(29(38)41-27)14-19-9-11-21(30)12-10-19/h2-13,15,17H,14,16H2,1H3/b27-13-. The Kier molecular flexibility index (Phi) is 7.01. The minimum Gasteiger partial charge on any atom is -0.341 e. The zero-order valence-electron chi connectivity index (χ0n) is 21.6. The largest absolute Gasteiger partial charge is 0.341 e. The van der Waals surface area contributed by atoms with Crippen LogP contribution in [-0.2, 0) is 17.9 Å². The number of amides is 2. The first-order valence-electron chi connectivity index (χ1n) is 12.5. The number of aromatic nitrogens is 4. The van der Waals surface area contributed by atoms with Crippen molar-refractivity contribution in [1.29, 1.82) is 0 Å². The molecule has 0 unspecified atom stereocenters. The number of benzene rings is 3. The van der Waals surface area contributed by atoms with Crippen LogP contribution in [-0.4, -0.2) is 40.5 Å². The zero-order valence-corrected chi connectivity index (χ0v) is 24.0. The van der Waals surface area contributed by atoms with Gasteiger partial charge in [0.1, 0.15) is 5.69 Å². The molecule has 0 atom stereocenters. The van der Waals surface area contributed by atoms with Gasteiger partial charge in [-0.3, -0.25) is 24.6 Å². The van der Waals surface area contributed by atoms with Crippen molar-refractivity contribution in [2.24, 2.45) is 0 Å². The lowest BCUT2D eigenvalue weighted by Crippen LogP contribution is -2.27. The predicted octanol–water partition coefficient (Wildman–Crippen LogP) is 6.49. The van der Waals surface area contributed by atoms with Gasteiger partial charge in [0.2, 0.25) is 0 Å². The summed E-state index contributed by atoms with van der Waals surface area (Å²) in [5.41, 5.74) is 4.33. The Balaban J connectivity index is 1.28. The van der Waals surface area contributed by atoms with E-state index < -0.39 is 4.92 Å². The lowest BCUT2D eigenvalue weighted by atomic mass is 10.1. The first kappa shape index (κ1) is 26.7. The Hall–Kier alpha value is -4.55. The molecule has 1 saturated heterocycles. The molecular weight excluding hydrogens is 608 g/mol. The smallest absolute Gasteiger partial charge is 0.293 e. The van der Waals surface area contributed by atoms with E-state index >= 15 is 0 Å². The van der Waals surface area contributed by atoms with Crippen LogP contribution in [0.15, 0.2) is 88.5 Å². The van der Waals surface area contributed by atoms with E-state index in [4.69, 9.17) is 0 Å². The Morgan fingerprint density at radius 1 is 1.00 bits per heavy atom. The number of imide groups is 1. The summed E-state index contributed by atoms with van der Waals surface area (Å²) in [6.45, 7) is 2.27. The van der Waals surface area contributed by atoms with E-state index in [0.717, 1.165) is 38.3 Å². The van der Waals surface area contributed by atoms with Gasteiger partial charge < -0.3 is 4.57 Å². The van der Waals surface area contributed by atoms with Crippen LogP contribution in [0, 0.1) is 17.0 Å². The maximum atomic E-state index is 13.2. The Morgan fingerprint density at radius 3 is 2.56 bits per heavy atom. The molecule has 0 aliphatic carbocycles. The minimum atomic E-state index is -0.417. The Bertz CT molecular complexity index is 1880. The van der Waals surface area contributed by atoms with Gasteiger partial charge in [0.05, 0.1) is 40.4 Å². The molecule has 5 aromatic rings. The van der Waals surface area contributed by atoms with E-state index in [9.17, 15) is 19.7 Å². The molecule has 3 aromatic carbocycles. The van der Waals surface area contributed by atoms with Crippen molar-refractivity contribution in [2.75, 3.05) is 0 Å². The number of fused-ring (bicyclic) bond motifs is 1. The molecule has 1 aliphatic heterocycles. The molecule has 41 heavy (non-hydrogen) atoms. The monoisotopic (exact) mass is 628 g/mol. The zero-order chi connectivity index (χ0) is 28.7. The molecule has 0 bridgehead atoms. The highest BCUT2D eigenvalue weighted by Gasteiger charge is 2.35. The summed E-state index contributed by atoms with van der Waals surface area (Å²) in [7, 11) is 0. The molecule has 10 nitrogen and oxygen atoms in total. The quantitative estimate of drug-likeness (QED) is 0.115. The van der Waals surface area contributed by atoms with Crippen molar-refractivity contribution < 1.29 is 14.5 Å². The topological polar surface area (TPSA) is 116 Å². The molecule has 0 N–H and O–H groups in total. The average Bonchev–Trinajstić information content (AvgIpc) is 3.63. The van der Waals surface area contributed by atoms with Gasteiger partial charge in [-0.25, -0.2) is 4.68 Å². The Labute approximate surface area is 246 Å². The fraction of sp³-hybridized carbons (Fsp3) is 0.103. The molecule has 0 spiro atoms. The number of para-hydroxylation sites is 1. The number of hydrogen-bond donors (Lipinski definition) is 0. The van der Waals surface area contributed by atoms with Crippen molar-refractivity contribution >= 4 is 61.5 Å². The van der Waals surface area contributed by atoms with Gasteiger partial charge in [-0.2, -0.15) is 0 Å². The summed E-state index contributed by atoms with van der Waals surface area (Å²) < 4.78 is 4.46. The fourth-order valence-electron chi connectivity index (χ4n) is 4.79. The molecule has 12 heteroatoms. The van der Waals surface area contributed by atoms with Crippen molar-refractivity contribution in [2.45, 2.75) is 20.0 Å². The maximum absolute atomic E-state index is 13.2. The summed E-state index contributed by atoms with van der Waals surface area (Å²) in [5.74, 6) is -0.324. The van der Waals surface area contributed by atoms with Crippen LogP contribution in [0.2, 0.25) is 0 Å². The van der Waals surface area contributed by atoms with Gasteiger partial charge in [0, 0.05) is 33.2 Å². The SMILES string of the molecule is Cc1c(-n2cc(Cn3cc(/C=C4\SC(=O)N(Cc5ccc(Br)cc5)C4=O)c4ccccc43)nn2)cccc1[N+](=O)[O-]. The van der Waals surface area contributed by atoms with Crippen molar-refractivity contribution in [3.8, 4) is 5.69 Å². The predicted molar refractivity (Wildman–Crippen MR) is 159 cm³/mol. The molecule has 0 radical (unpaired) electrons. The maximum Gasteiger partial charge on any atom is 0.293 e. The van der Waals surface area contributed by atoms with Crippen molar-refractivity contribution in [3.63, 3.8) is 0 Å². The molecule has 6 rings (SSSR count). The van der Waals surface area contributed by atoms with Crippen LogP contribution in [0.3, 0.4) is 0 Å². The summed E-state index contributed by atoms with van der Waals surface area (Å²) in [6, 6.07) is 20.1. The molecular formula is C29H21BrN6O4S. The van der Waals surface area contributed by atoms with Crippen LogP contribution in [0.25, 0.3) is 22.7 Å². The highest BCUT2D eigenvalue weighted by Crippen LogP contribution is 2.35. The number of hydrogen-bond acceptors (Lipinski definition) is 7. The van der Waals surface area contributed by atoms with Crippen LogP contribution < -0.4 is 0 Å². The second-order valence-corrected chi connectivity index (χ2v) is 11.4. The van der Waals surface area contributed by atoms with Crippen LogP contribution in [0.5, 0.6) is 0 Å². The van der Waals surface area contributed by atoms with Gasteiger partial charge in [-0.15, -0.1) is 5.10 Å². The third-order valence-electron chi connectivity index (χ3n) is 6.83. The van der Waals surface area contributed by atoms with Gasteiger partial charge in [0.25, 0.3) is 16.8 Å². The van der Waals surface area contributed by atoms with E-state index in [-0.39, 0.29) is 23.4 Å². The number of nitro groups is 1. The Morgan fingerprint density at radius 2 is 1.78 bits per heavy atom. The van der Waals surface area contributed by atoms with Crippen LogP contribution >= 0.6 is 27.7 Å². The third-order valence-corrected chi connectivity index (χ3v) is 8.26. The van der Waals surface area contributed by atoms with Gasteiger partial charge >= 0.3 is 0 Å². The molecule has 204 valence electrons. The van der Waals surface area contributed by atoms with E-state index in [1.165, 1.54) is 15.6 Å². The lowest BCUT2D eigenvalue weighted by Gasteiger charge is -2.12. The van der Waals surface area contributed by atoms with Gasteiger partial charge in [0.15, 0.2) is 0 Å². The van der Waals surface area contributed by atoms with Gasteiger partial charge in [-0.1, -0.05) is 57.5 Å². The molecule has 3 heterocycles. The molecule has 1 aliphatic rings. The number of nitro benzene ring substituents is 1. The number of rotatable bonds is 7. The second kappa shape index (κ2) is 10.8. The number of carbonyl (C=O) groups excluding carboxylic acids is 2. The van der Waals surface area contributed by atoms with Gasteiger partial charge in [-0.05, 0) is 54.6 Å². The fourth-order valence-corrected chi connectivity index (χ4v) is 5.89. The van der Waals surface area contributed by atoms with E-state index in [1.807, 2.05) is 59.3 Å². The van der Waals surface area contributed by atoms with Crippen molar-refractivity contribution in [1.82, 2.24) is 24.5 Å². The second-order valence-electron chi connectivity index (χ2n) is 9.46. The highest BCUT2D eigenvalue weighted by molar-refractivity contribution is 9.10. The highest BCUT2D eigenvalue weighted by atomic mass is 79.9. The van der Waals surface area contributed by atoms with E-state index in [2.05, 4.69) is 26.2 Å². The summed E-state index contributed by atoms with van der Waals surface area (Å²) >= 11 is 4.33. The van der Waals surface area contributed by atoms with Crippen LogP contribution in [0.1, 0.15) is 22.4 Å².